The molecule has 18 heavy (non-hydrogen) atoms. The summed E-state index contributed by atoms with van der Waals surface area (Å²) in [6.07, 6.45) is 0. The van der Waals surface area contributed by atoms with E-state index in [1.165, 1.54) is 6.07 Å². The molecule has 0 spiro atoms. The molecular formula is C14H11Br2FO. The van der Waals surface area contributed by atoms with E-state index >= 15 is 0 Å². The third-order valence-electron chi connectivity index (χ3n) is 2.53. The quantitative estimate of drug-likeness (QED) is 0.637. The van der Waals surface area contributed by atoms with Crippen LogP contribution in [0.25, 0.3) is 0 Å². The standard InChI is InChI=1S/C14H11Br2FO/c1-9-6-11(4-5-14(9)17)18-12-3-2-10(8-15)13(16)7-12/h2-7H,8H2,1H3. The molecule has 2 rings (SSSR count). The van der Waals surface area contributed by atoms with E-state index in [0.29, 0.717) is 11.3 Å². The Bertz CT molecular complexity index is 570. The van der Waals surface area contributed by atoms with Crippen molar-refractivity contribution in [3.05, 3.63) is 57.8 Å². The van der Waals surface area contributed by atoms with Gasteiger partial charge in [-0.25, -0.2) is 4.39 Å². The van der Waals surface area contributed by atoms with Crippen molar-refractivity contribution in [1.29, 1.82) is 0 Å². The zero-order chi connectivity index (χ0) is 13.1. The molecule has 0 N–H and O–H groups in total. The van der Waals surface area contributed by atoms with Crippen LogP contribution in [0.3, 0.4) is 0 Å². The molecule has 0 aromatic heterocycles. The Morgan fingerprint density at radius 2 is 1.78 bits per heavy atom. The van der Waals surface area contributed by atoms with E-state index in [4.69, 9.17) is 4.74 Å². The number of benzene rings is 2. The molecule has 0 aliphatic heterocycles. The highest BCUT2D eigenvalue weighted by Gasteiger charge is 2.04. The number of rotatable bonds is 3. The Balaban J connectivity index is 2.23. The highest BCUT2D eigenvalue weighted by Crippen LogP contribution is 2.28. The summed E-state index contributed by atoms with van der Waals surface area (Å²) in [4.78, 5) is 0. The van der Waals surface area contributed by atoms with Gasteiger partial charge in [-0.15, -0.1) is 0 Å². The molecule has 0 bridgehead atoms. The van der Waals surface area contributed by atoms with Crippen LogP contribution in [0.2, 0.25) is 0 Å². The second kappa shape index (κ2) is 5.85. The van der Waals surface area contributed by atoms with Gasteiger partial charge in [0.15, 0.2) is 0 Å². The SMILES string of the molecule is Cc1cc(Oc2ccc(CBr)c(Br)c2)ccc1F. The molecule has 1 nitrogen and oxygen atoms in total. The van der Waals surface area contributed by atoms with Crippen molar-refractivity contribution in [3.63, 3.8) is 0 Å². The van der Waals surface area contributed by atoms with E-state index in [2.05, 4.69) is 31.9 Å². The first-order chi connectivity index (χ1) is 8.60. The molecule has 0 atom stereocenters. The van der Waals surface area contributed by atoms with Crippen molar-refractivity contribution in [1.82, 2.24) is 0 Å². The van der Waals surface area contributed by atoms with Gasteiger partial charge in [-0.2, -0.15) is 0 Å². The average molecular weight is 374 g/mol. The monoisotopic (exact) mass is 372 g/mol. The van der Waals surface area contributed by atoms with Gasteiger partial charge in [0.25, 0.3) is 0 Å². The van der Waals surface area contributed by atoms with Gasteiger partial charge in [-0.1, -0.05) is 37.9 Å². The number of aryl methyl sites for hydroxylation is 1. The van der Waals surface area contributed by atoms with E-state index in [9.17, 15) is 4.39 Å². The highest BCUT2D eigenvalue weighted by molar-refractivity contribution is 9.10. The minimum Gasteiger partial charge on any atom is -0.457 e. The van der Waals surface area contributed by atoms with Crippen molar-refractivity contribution in [3.8, 4) is 11.5 Å². The molecule has 0 fully saturated rings. The average Bonchev–Trinajstić information content (AvgIpc) is 2.34. The third kappa shape index (κ3) is 3.12. The van der Waals surface area contributed by atoms with Gasteiger partial charge in [-0.05, 0) is 48.4 Å². The van der Waals surface area contributed by atoms with E-state index in [1.54, 1.807) is 19.1 Å². The Morgan fingerprint density at radius 3 is 2.39 bits per heavy atom. The summed E-state index contributed by atoms with van der Waals surface area (Å²) < 4.78 is 19.8. The van der Waals surface area contributed by atoms with E-state index in [0.717, 1.165) is 21.1 Å². The second-order valence-electron chi connectivity index (χ2n) is 3.90. The molecular weight excluding hydrogens is 363 g/mol. The van der Waals surface area contributed by atoms with Crippen LogP contribution < -0.4 is 4.74 Å². The zero-order valence-electron chi connectivity index (χ0n) is 9.71. The van der Waals surface area contributed by atoms with Gasteiger partial charge in [0.1, 0.15) is 17.3 Å². The smallest absolute Gasteiger partial charge is 0.128 e. The molecule has 2 aromatic carbocycles. The minimum absolute atomic E-state index is 0.224. The summed E-state index contributed by atoms with van der Waals surface area (Å²) in [5, 5.41) is 0.781. The summed E-state index contributed by atoms with van der Waals surface area (Å²) in [6.45, 7) is 1.71. The van der Waals surface area contributed by atoms with Crippen molar-refractivity contribution >= 4 is 31.9 Å². The van der Waals surface area contributed by atoms with Crippen LogP contribution >= 0.6 is 31.9 Å². The van der Waals surface area contributed by atoms with Gasteiger partial charge in [0.2, 0.25) is 0 Å². The first-order valence-electron chi connectivity index (χ1n) is 5.38. The van der Waals surface area contributed by atoms with Gasteiger partial charge in [0, 0.05) is 9.80 Å². The van der Waals surface area contributed by atoms with E-state index in [-0.39, 0.29) is 5.82 Å². The molecule has 0 saturated carbocycles. The maximum atomic E-state index is 13.1. The maximum Gasteiger partial charge on any atom is 0.128 e. The first-order valence-corrected chi connectivity index (χ1v) is 7.30. The Morgan fingerprint density at radius 1 is 1.11 bits per heavy atom. The molecule has 2 aromatic rings. The summed E-state index contributed by atoms with van der Waals surface area (Å²) >= 11 is 6.88. The van der Waals surface area contributed by atoms with Crippen molar-refractivity contribution in [2.24, 2.45) is 0 Å². The van der Waals surface area contributed by atoms with Crippen molar-refractivity contribution < 1.29 is 9.13 Å². The fourth-order valence-corrected chi connectivity index (χ4v) is 2.88. The van der Waals surface area contributed by atoms with Crippen LogP contribution in [0.15, 0.2) is 40.9 Å². The predicted molar refractivity (Wildman–Crippen MR) is 78.0 cm³/mol. The fraction of sp³-hybridized carbons (Fsp3) is 0.143. The summed E-state index contributed by atoms with van der Waals surface area (Å²) in [6, 6.07) is 10.5. The van der Waals surface area contributed by atoms with Crippen LogP contribution in [0.1, 0.15) is 11.1 Å². The van der Waals surface area contributed by atoms with E-state index < -0.39 is 0 Å². The topological polar surface area (TPSA) is 9.23 Å². The predicted octanol–water partition coefficient (Wildman–Crippen LogP) is 5.58. The Labute approximate surface area is 122 Å². The lowest BCUT2D eigenvalue weighted by Gasteiger charge is -2.08. The summed E-state index contributed by atoms with van der Waals surface area (Å²) in [5.41, 5.74) is 1.72. The lowest BCUT2D eigenvalue weighted by molar-refractivity contribution is 0.479. The lowest BCUT2D eigenvalue weighted by Crippen LogP contribution is -1.88. The molecule has 0 aliphatic rings. The molecule has 0 radical (unpaired) electrons. The lowest BCUT2D eigenvalue weighted by atomic mass is 10.2. The highest BCUT2D eigenvalue weighted by atomic mass is 79.9. The fourth-order valence-electron chi connectivity index (χ4n) is 1.52. The molecule has 4 heteroatoms. The van der Waals surface area contributed by atoms with Crippen LogP contribution in [-0.2, 0) is 5.33 Å². The molecule has 0 amide bonds. The minimum atomic E-state index is -0.224. The normalized spacial score (nSPS) is 10.4. The number of hydrogen-bond acceptors (Lipinski definition) is 1. The van der Waals surface area contributed by atoms with Gasteiger partial charge in [-0.3, -0.25) is 0 Å². The Hall–Kier alpha value is -0.870. The van der Waals surface area contributed by atoms with Crippen LogP contribution in [0, 0.1) is 12.7 Å². The molecule has 94 valence electrons. The molecule has 0 heterocycles. The maximum absolute atomic E-state index is 13.1. The molecule has 0 aliphatic carbocycles. The van der Waals surface area contributed by atoms with Gasteiger partial charge >= 0.3 is 0 Å². The van der Waals surface area contributed by atoms with Crippen LogP contribution in [0.5, 0.6) is 11.5 Å². The van der Waals surface area contributed by atoms with Gasteiger partial charge in [0.05, 0.1) is 0 Å². The number of ether oxygens (including phenoxy) is 1. The van der Waals surface area contributed by atoms with Crippen molar-refractivity contribution in [2.45, 2.75) is 12.3 Å². The number of halogens is 3. The number of alkyl halides is 1. The number of hydrogen-bond donors (Lipinski definition) is 0. The Kier molecular flexibility index (Phi) is 4.40. The largest absolute Gasteiger partial charge is 0.457 e. The van der Waals surface area contributed by atoms with Crippen LogP contribution in [-0.4, -0.2) is 0 Å². The summed E-state index contributed by atoms with van der Waals surface area (Å²) in [7, 11) is 0. The molecule has 0 unspecified atom stereocenters. The zero-order valence-corrected chi connectivity index (χ0v) is 12.9. The second-order valence-corrected chi connectivity index (χ2v) is 5.31. The van der Waals surface area contributed by atoms with Crippen molar-refractivity contribution in [2.75, 3.05) is 0 Å². The summed E-state index contributed by atoms with van der Waals surface area (Å²) in [5.74, 6) is 1.13. The van der Waals surface area contributed by atoms with E-state index in [1.807, 2.05) is 18.2 Å². The van der Waals surface area contributed by atoms with Gasteiger partial charge < -0.3 is 4.74 Å². The first kappa shape index (κ1) is 13.6. The van der Waals surface area contributed by atoms with Crippen LogP contribution in [0.4, 0.5) is 4.39 Å². The molecule has 0 saturated heterocycles. The third-order valence-corrected chi connectivity index (χ3v) is 3.88.